The van der Waals surface area contributed by atoms with Crippen LogP contribution in [0.15, 0.2) is 54.3 Å². The first-order valence-corrected chi connectivity index (χ1v) is 8.32. The zero-order chi connectivity index (χ0) is 14.8. The van der Waals surface area contributed by atoms with Gasteiger partial charge in [-0.1, -0.05) is 30.3 Å². The van der Waals surface area contributed by atoms with Crippen molar-refractivity contribution in [3.05, 3.63) is 59.9 Å². The fourth-order valence-electron chi connectivity index (χ4n) is 2.84. The van der Waals surface area contributed by atoms with Crippen LogP contribution in [-0.4, -0.2) is 20.0 Å². The fourth-order valence-corrected chi connectivity index (χ4v) is 3.35. The summed E-state index contributed by atoms with van der Waals surface area (Å²) >= 11 is 1.46. The lowest BCUT2D eigenvalue weighted by Gasteiger charge is -2.36. The van der Waals surface area contributed by atoms with Crippen LogP contribution in [0.25, 0.3) is 11.4 Å². The molecule has 2 aromatic heterocycles. The Bertz CT molecular complexity index is 717. The highest BCUT2D eigenvalue weighted by Crippen LogP contribution is 2.37. The van der Waals surface area contributed by atoms with Crippen molar-refractivity contribution in [2.75, 3.05) is 0 Å². The van der Waals surface area contributed by atoms with Crippen molar-refractivity contribution in [1.29, 1.82) is 0 Å². The summed E-state index contributed by atoms with van der Waals surface area (Å²) in [5, 5.41) is 2.04. The number of imidazole rings is 1. The number of ether oxygens (including phenoxy) is 1. The molecule has 0 aliphatic heterocycles. The highest BCUT2D eigenvalue weighted by Gasteiger charge is 2.32. The third-order valence-electron chi connectivity index (χ3n) is 4.15. The Morgan fingerprint density at radius 3 is 2.86 bits per heavy atom. The molecule has 0 saturated heterocycles. The molecule has 3 aromatic rings. The topological polar surface area (TPSA) is 39.9 Å². The molecule has 1 aliphatic rings. The van der Waals surface area contributed by atoms with Crippen LogP contribution >= 0.6 is 11.5 Å². The van der Waals surface area contributed by atoms with E-state index in [4.69, 9.17) is 4.74 Å². The molecule has 0 N–H and O–H groups in total. The molecule has 4 nitrogen and oxygen atoms in total. The van der Waals surface area contributed by atoms with Gasteiger partial charge in [-0.25, -0.2) is 9.36 Å². The Kier molecular flexibility index (Phi) is 3.74. The largest absolute Gasteiger partial charge is 0.373 e. The van der Waals surface area contributed by atoms with Gasteiger partial charge in [-0.3, -0.25) is 0 Å². The minimum Gasteiger partial charge on any atom is -0.373 e. The Hall–Kier alpha value is -1.98. The maximum absolute atomic E-state index is 5.98. The van der Waals surface area contributed by atoms with Crippen molar-refractivity contribution in [1.82, 2.24) is 13.9 Å². The predicted octanol–water partition coefficient (Wildman–Crippen LogP) is 3.93. The van der Waals surface area contributed by atoms with E-state index in [9.17, 15) is 0 Å². The average Bonchev–Trinajstić information content (AvgIpc) is 3.17. The molecule has 0 radical (unpaired) electrons. The van der Waals surface area contributed by atoms with Crippen LogP contribution in [-0.2, 0) is 11.3 Å². The maximum Gasteiger partial charge on any atom is 0.142 e. The van der Waals surface area contributed by atoms with Crippen molar-refractivity contribution in [3.63, 3.8) is 0 Å². The second-order valence-corrected chi connectivity index (χ2v) is 6.27. The van der Waals surface area contributed by atoms with E-state index in [-0.39, 0.29) is 0 Å². The summed E-state index contributed by atoms with van der Waals surface area (Å²) in [7, 11) is 0. The van der Waals surface area contributed by atoms with E-state index in [0.717, 1.165) is 24.2 Å². The summed E-state index contributed by atoms with van der Waals surface area (Å²) in [5.74, 6) is 1.01. The van der Waals surface area contributed by atoms with Crippen LogP contribution in [0.3, 0.4) is 0 Å². The van der Waals surface area contributed by atoms with Crippen LogP contribution < -0.4 is 0 Å². The van der Waals surface area contributed by atoms with Crippen LogP contribution in [0.1, 0.15) is 24.4 Å². The molecule has 0 unspecified atom stereocenters. The van der Waals surface area contributed by atoms with Crippen molar-refractivity contribution in [3.8, 4) is 11.4 Å². The van der Waals surface area contributed by atoms with E-state index >= 15 is 0 Å². The number of benzene rings is 1. The monoisotopic (exact) mass is 311 g/mol. The van der Waals surface area contributed by atoms with Gasteiger partial charge in [-0.2, -0.15) is 0 Å². The van der Waals surface area contributed by atoms with Crippen molar-refractivity contribution < 1.29 is 4.74 Å². The zero-order valence-corrected chi connectivity index (χ0v) is 12.9. The molecule has 0 atom stereocenters. The molecule has 112 valence electrons. The SMILES string of the molecule is c1ccc(COC2CC(n3ccnc3-c3cnsc3)C2)cc1. The Morgan fingerprint density at radius 1 is 1.23 bits per heavy atom. The van der Waals surface area contributed by atoms with E-state index in [2.05, 4.69) is 44.4 Å². The Labute approximate surface area is 133 Å². The molecule has 5 heteroatoms. The van der Waals surface area contributed by atoms with Gasteiger partial charge in [0.15, 0.2) is 0 Å². The van der Waals surface area contributed by atoms with Gasteiger partial charge in [-0.05, 0) is 29.9 Å². The first-order valence-electron chi connectivity index (χ1n) is 7.48. The van der Waals surface area contributed by atoms with E-state index in [0.29, 0.717) is 18.8 Å². The molecule has 1 saturated carbocycles. The summed E-state index contributed by atoms with van der Waals surface area (Å²) in [6, 6.07) is 10.8. The second kappa shape index (κ2) is 6.02. The molecule has 0 bridgehead atoms. The van der Waals surface area contributed by atoms with E-state index < -0.39 is 0 Å². The van der Waals surface area contributed by atoms with Gasteiger partial charge >= 0.3 is 0 Å². The first kappa shape index (κ1) is 13.7. The van der Waals surface area contributed by atoms with Crippen molar-refractivity contribution in [2.45, 2.75) is 31.6 Å². The Morgan fingerprint density at radius 2 is 2.09 bits per heavy atom. The van der Waals surface area contributed by atoms with E-state index in [1.807, 2.05) is 23.8 Å². The van der Waals surface area contributed by atoms with Crippen LogP contribution in [0.5, 0.6) is 0 Å². The van der Waals surface area contributed by atoms with E-state index in [1.165, 1.54) is 17.1 Å². The molecule has 0 spiro atoms. The summed E-state index contributed by atoms with van der Waals surface area (Å²) in [5.41, 5.74) is 2.34. The summed E-state index contributed by atoms with van der Waals surface area (Å²) in [6.45, 7) is 0.698. The maximum atomic E-state index is 5.98. The minimum atomic E-state index is 0.348. The van der Waals surface area contributed by atoms with Gasteiger partial charge in [0.2, 0.25) is 0 Å². The van der Waals surface area contributed by atoms with Gasteiger partial charge in [0, 0.05) is 29.4 Å². The molecule has 22 heavy (non-hydrogen) atoms. The summed E-state index contributed by atoms with van der Waals surface area (Å²) in [4.78, 5) is 4.47. The zero-order valence-electron chi connectivity index (χ0n) is 12.1. The summed E-state index contributed by atoms with van der Waals surface area (Å²) in [6.07, 6.45) is 8.25. The lowest BCUT2D eigenvalue weighted by molar-refractivity contribution is -0.0353. The lowest BCUT2D eigenvalue weighted by Crippen LogP contribution is -2.33. The normalized spacial score (nSPS) is 20.7. The van der Waals surface area contributed by atoms with Gasteiger partial charge in [0.05, 0.1) is 18.9 Å². The number of rotatable bonds is 5. The van der Waals surface area contributed by atoms with Crippen LogP contribution in [0.4, 0.5) is 0 Å². The molecule has 1 fully saturated rings. The molecular weight excluding hydrogens is 294 g/mol. The molecule has 2 heterocycles. The van der Waals surface area contributed by atoms with Crippen LogP contribution in [0.2, 0.25) is 0 Å². The first-order chi connectivity index (χ1) is 10.9. The Balaban J connectivity index is 1.35. The van der Waals surface area contributed by atoms with Gasteiger partial charge in [-0.15, -0.1) is 0 Å². The standard InChI is InChI=1S/C17H17N3OS/c1-2-4-13(5-3-1)11-21-16-8-15(9-16)20-7-6-18-17(20)14-10-19-22-12-14/h1-7,10,12,15-16H,8-9,11H2. The minimum absolute atomic E-state index is 0.348. The molecule has 0 amide bonds. The number of aromatic nitrogens is 3. The highest BCUT2D eigenvalue weighted by atomic mass is 32.1. The molecule has 4 rings (SSSR count). The molecule has 1 aromatic carbocycles. The quantitative estimate of drug-likeness (QED) is 0.717. The third-order valence-corrected chi connectivity index (χ3v) is 4.74. The van der Waals surface area contributed by atoms with Crippen molar-refractivity contribution >= 4 is 11.5 Å². The molecule has 1 aliphatic carbocycles. The third kappa shape index (κ3) is 2.69. The number of nitrogens with zero attached hydrogens (tertiary/aromatic N) is 3. The average molecular weight is 311 g/mol. The van der Waals surface area contributed by atoms with Gasteiger partial charge in [0.25, 0.3) is 0 Å². The highest BCUT2D eigenvalue weighted by molar-refractivity contribution is 7.03. The van der Waals surface area contributed by atoms with Gasteiger partial charge < -0.3 is 9.30 Å². The smallest absolute Gasteiger partial charge is 0.142 e. The predicted molar refractivity (Wildman–Crippen MR) is 86.6 cm³/mol. The lowest BCUT2D eigenvalue weighted by atomic mass is 9.88. The summed E-state index contributed by atoms with van der Waals surface area (Å²) < 4.78 is 12.4. The van der Waals surface area contributed by atoms with E-state index in [1.54, 1.807) is 0 Å². The van der Waals surface area contributed by atoms with Gasteiger partial charge in [0.1, 0.15) is 5.82 Å². The number of hydrogen-bond donors (Lipinski definition) is 0. The van der Waals surface area contributed by atoms with Crippen molar-refractivity contribution in [2.24, 2.45) is 0 Å². The fraction of sp³-hybridized carbons (Fsp3) is 0.294. The number of hydrogen-bond acceptors (Lipinski definition) is 4. The van der Waals surface area contributed by atoms with Crippen LogP contribution in [0, 0.1) is 0 Å². The molecular formula is C17H17N3OS. The second-order valence-electron chi connectivity index (χ2n) is 5.62.